The number of halogens is 1. The zero-order valence-electron chi connectivity index (χ0n) is 8.29. The average molecular weight is 212 g/mol. The molecule has 0 unspecified atom stereocenters. The van der Waals surface area contributed by atoms with Gasteiger partial charge in [0.1, 0.15) is 5.75 Å². The summed E-state index contributed by atoms with van der Waals surface area (Å²) >= 11 is 6.17. The van der Waals surface area contributed by atoms with Crippen LogP contribution in [0, 0.1) is 0 Å². The van der Waals surface area contributed by atoms with E-state index in [1.807, 2.05) is 18.2 Å². The van der Waals surface area contributed by atoms with Gasteiger partial charge in [0.15, 0.2) is 0 Å². The third-order valence-electron chi connectivity index (χ3n) is 2.60. The number of benzene rings is 1. The number of hydrogen-bond acceptors (Lipinski definition) is 2. The summed E-state index contributed by atoms with van der Waals surface area (Å²) in [7, 11) is 1.65. The second-order valence-corrected chi connectivity index (χ2v) is 3.92. The van der Waals surface area contributed by atoms with E-state index in [2.05, 4.69) is 4.90 Å². The van der Waals surface area contributed by atoms with Crippen molar-refractivity contribution < 1.29 is 4.74 Å². The largest absolute Gasteiger partial charge is 0.497 e. The van der Waals surface area contributed by atoms with Crippen molar-refractivity contribution >= 4 is 17.3 Å². The summed E-state index contributed by atoms with van der Waals surface area (Å²) < 4.78 is 5.11. The van der Waals surface area contributed by atoms with Crippen LogP contribution < -0.4 is 9.64 Å². The van der Waals surface area contributed by atoms with Crippen LogP contribution >= 0.6 is 11.6 Å². The second kappa shape index (κ2) is 4.09. The predicted molar refractivity (Wildman–Crippen MR) is 59.5 cm³/mol. The molecular formula is C11H14ClNO. The molecule has 0 radical (unpaired) electrons. The molecule has 0 aliphatic carbocycles. The normalized spacial score (nSPS) is 16.0. The van der Waals surface area contributed by atoms with Gasteiger partial charge in [0.25, 0.3) is 0 Å². The van der Waals surface area contributed by atoms with Gasteiger partial charge >= 0.3 is 0 Å². The Morgan fingerprint density at radius 1 is 1.29 bits per heavy atom. The summed E-state index contributed by atoms with van der Waals surface area (Å²) in [6.45, 7) is 2.23. The Labute approximate surface area is 89.4 Å². The summed E-state index contributed by atoms with van der Waals surface area (Å²) in [5.41, 5.74) is 1.13. The number of methoxy groups -OCH3 is 1. The van der Waals surface area contributed by atoms with Gasteiger partial charge in [-0.3, -0.25) is 0 Å². The number of hydrogen-bond donors (Lipinski definition) is 0. The molecule has 1 aliphatic heterocycles. The summed E-state index contributed by atoms with van der Waals surface area (Å²) in [5.74, 6) is 0.818. The van der Waals surface area contributed by atoms with E-state index in [0.29, 0.717) is 0 Å². The van der Waals surface area contributed by atoms with Crippen molar-refractivity contribution in [1.82, 2.24) is 0 Å². The van der Waals surface area contributed by atoms with Crippen molar-refractivity contribution in [3.63, 3.8) is 0 Å². The van der Waals surface area contributed by atoms with E-state index >= 15 is 0 Å². The first kappa shape index (κ1) is 9.66. The predicted octanol–water partition coefficient (Wildman–Crippen LogP) is 2.95. The highest BCUT2D eigenvalue weighted by atomic mass is 35.5. The molecule has 0 amide bonds. The van der Waals surface area contributed by atoms with Crippen LogP contribution in [0.3, 0.4) is 0 Å². The molecule has 3 heteroatoms. The maximum atomic E-state index is 6.17. The quantitative estimate of drug-likeness (QED) is 0.746. The van der Waals surface area contributed by atoms with Gasteiger partial charge in [0.2, 0.25) is 0 Å². The first-order valence-corrected chi connectivity index (χ1v) is 5.27. The SMILES string of the molecule is COc1ccc(N2CCCC2)c(Cl)c1. The van der Waals surface area contributed by atoms with E-state index in [0.717, 1.165) is 29.5 Å². The molecule has 0 atom stereocenters. The van der Waals surface area contributed by atoms with Crippen LogP contribution in [0.2, 0.25) is 5.02 Å². The number of anilines is 1. The summed E-state index contributed by atoms with van der Waals surface area (Å²) in [4.78, 5) is 2.32. The minimum Gasteiger partial charge on any atom is -0.497 e. The lowest BCUT2D eigenvalue weighted by molar-refractivity contribution is 0.415. The summed E-state index contributed by atoms with van der Waals surface area (Å²) in [5, 5.41) is 0.784. The van der Waals surface area contributed by atoms with Crippen molar-refractivity contribution in [3.8, 4) is 5.75 Å². The Bertz CT molecular complexity index is 321. The Kier molecular flexibility index (Phi) is 2.82. The van der Waals surface area contributed by atoms with E-state index in [9.17, 15) is 0 Å². The molecule has 0 saturated carbocycles. The fourth-order valence-corrected chi connectivity index (χ4v) is 2.12. The Morgan fingerprint density at radius 2 is 2.00 bits per heavy atom. The molecule has 0 spiro atoms. The van der Waals surface area contributed by atoms with Gasteiger partial charge in [-0.05, 0) is 25.0 Å². The zero-order chi connectivity index (χ0) is 9.97. The maximum absolute atomic E-state index is 6.17. The Hall–Kier alpha value is -0.890. The van der Waals surface area contributed by atoms with Gasteiger partial charge in [0, 0.05) is 19.2 Å². The Morgan fingerprint density at radius 3 is 2.57 bits per heavy atom. The maximum Gasteiger partial charge on any atom is 0.120 e. The first-order valence-electron chi connectivity index (χ1n) is 4.90. The molecular weight excluding hydrogens is 198 g/mol. The molecule has 1 fully saturated rings. The number of ether oxygens (including phenoxy) is 1. The van der Waals surface area contributed by atoms with Gasteiger partial charge in [0.05, 0.1) is 17.8 Å². The summed E-state index contributed by atoms with van der Waals surface area (Å²) in [6.07, 6.45) is 2.53. The molecule has 0 N–H and O–H groups in total. The highest BCUT2D eigenvalue weighted by Gasteiger charge is 2.15. The van der Waals surface area contributed by atoms with E-state index in [1.54, 1.807) is 7.11 Å². The molecule has 14 heavy (non-hydrogen) atoms. The molecule has 1 aromatic carbocycles. The van der Waals surface area contributed by atoms with E-state index < -0.39 is 0 Å². The first-order chi connectivity index (χ1) is 6.81. The minimum absolute atomic E-state index is 0.784. The van der Waals surface area contributed by atoms with Crippen LogP contribution in [0.1, 0.15) is 12.8 Å². The van der Waals surface area contributed by atoms with Gasteiger partial charge in [-0.1, -0.05) is 11.6 Å². The van der Waals surface area contributed by atoms with Crippen LogP contribution in [0.4, 0.5) is 5.69 Å². The van der Waals surface area contributed by atoms with Crippen LogP contribution in [0.15, 0.2) is 18.2 Å². The lowest BCUT2D eigenvalue weighted by Gasteiger charge is -2.19. The molecule has 2 nitrogen and oxygen atoms in total. The average Bonchev–Trinajstić information content (AvgIpc) is 2.70. The van der Waals surface area contributed by atoms with Crippen LogP contribution in [0.5, 0.6) is 5.75 Å². The van der Waals surface area contributed by atoms with Gasteiger partial charge in [-0.2, -0.15) is 0 Å². The monoisotopic (exact) mass is 211 g/mol. The molecule has 1 heterocycles. The molecule has 76 valence electrons. The van der Waals surface area contributed by atoms with Crippen molar-refractivity contribution in [1.29, 1.82) is 0 Å². The lowest BCUT2D eigenvalue weighted by Crippen LogP contribution is -2.17. The second-order valence-electron chi connectivity index (χ2n) is 3.51. The third kappa shape index (κ3) is 1.80. The van der Waals surface area contributed by atoms with Crippen molar-refractivity contribution in [2.45, 2.75) is 12.8 Å². The molecule has 1 aliphatic rings. The topological polar surface area (TPSA) is 12.5 Å². The van der Waals surface area contributed by atoms with Crippen molar-refractivity contribution in [3.05, 3.63) is 23.2 Å². The molecule has 0 bridgehead atoms. The fraction of sp³-hybridized carbons (Fsp3) is 0.455. The fourth-order valence-electron chi connectivity index (χ4n) is 1.83. The minimum atomic E-state index is 0.784. The van der Waals surface area contributed by atoms with Crippen molar-refractivity contribution in [2.24, 2.45) is 0 Å². The van der Waals surface area contributed by atoms with Gasteiger partial charge in [-0.25, -0.2) is 0 Å². The standard InChI is InChI=1S/C11H14ClNO/c1-14-9-4-5-11(10(12)8-9)13-6-2-3-7-13/h4-5,8H,2-3,6-7H2,1H3. The number of rotatable bonds is 2. The molecule has 0 aromatic heterocycles. The zero-order valence-corrected chi connectivity index (χ0v) is 9.05. The number of nitrogens with zero attached hydrogens (tertiary/aromatic N) is 1. The summed E-state index contributed by atoms with van der Waals surface area (Å²) in [6, 6.07) is 5.86. The van der Waals surface area contributed by atoms with E-state index in [-0.39, 0.29) is 0 Å². The van der Waals surface area contributed by atoms with Crippen LogP contribution in [-0.2, 0) is 0 Å². The lowest BCUT2D eigenvalue weighted by atomic mass is 10.3. The highest BCUT2D eigenvalue weighted by molar-refractivity contribution is 6.33. The van der Waals surface area contributed by atoms with E-state index in [1.165, 1.54) is 12.8 Å². The highest BCUT2D eigenvalue weighted by Crippen LogP contribution is 2.31. The third-order valence-corrected chi connectivity index (χ3v) is 2.90. The van der Waals surface area contributed by atoms with Crippen LogP contribution in [-0.4, -0.2) is 20.2 Å². The molecule has 2 rings (SSSR count). The van der Waals surface area contributed by atoms with Crippen molar-refractivity contribution in [2.75, 3.05) is 25.1 Å². The van der Waals surface area contributed by atoms with E-state index in [4.69, 9.17) is 16.3 Å². The van der Waals surface area contributed by atoms with Gasteiger partial charge in [-0.15, -0.1) is 0 Å². The van der Waals surface area contributed by atoms with Crippen LogP contribution in [0.25, 0.3) is 0 Å². The smallest absolute Gasteiger partial charge is 0.120 e. The molecule has 1 aromatic rings. The molecule has 1 saturated heterocycles. The van der Waals surface area contributed by atoms with Gasteiger partial charge < -0.3 is 9.64 Å². The Balaban J connectivity index is 2.25.